The van der Waals surface area contributed by atoms with Crippen LogP contribution in [0.4, 0.5) is 0 Å². The van der Waals surface area contributed by atoms with E-state index in [0.717, 1.165) is 35.4 Å². The molecule has 1 aliphatic heterocycles. The molecule has 106 valence electrons. The fraction of sp³-hybridized carbons (Fsp3) is 0.467. The second-order valence-electron chi connectivity index (χ2n) is 5.42. The molecule has 0 aliphatic carbocycles. The molecule has 0 saturated carbocycles. The number of nitrogens with zero attached hydrogens (tertiary/aromatic N) is 2. The van der Waals surface area contributed by atoms with Crippen molar-refractivity contribution in [3.05, 3.63) is 33.6 Å². The second-order valence-corrected chi connectivity index (χ2v) is 6.22. The maximum absolute atomic E-state index is 5.46. The summed E-state index contributed by atoms with van der Waals surface area (Å²) in [6, 6.07) is 4.18. The van der Waals surface area contributed by atoms with Crippen LogP contribution in [0.3, 0.4) is 0 Å². The first-order valence-corrected chi connectivity index (χ1v) is 7.76. The van der Waals surface area contributed by atoms with Crippen LogP contribution >= 0.6 is 15.9 Å². The third-order valence-electron chi connectivity index (χ3n) is 3.78. The van der Waals surface area contributed by atoms with Crippen LogP contribution in [0.5, 0.6) is 0 Å². The van der Waals surface area contributed by atoms with Gasteiger partial charge in [0, 0.05) is 16.6 Å². The molecular formula is C15H18BrN3O. The van der Waals surface area contributed by atoms with Gasteiger partial charge in [-0.2, -0.15) is 4.98 Å². The Kier molecular flexibility index (Phi) is 3.89. The molecule has 3 rings (SSSR count). The van der Waals surface area contributed by atoms with E-state index < -0.39 is 0 Å². The van der Waals surface area contributed by atoms with Gasteiger partial charge < -0.3 is 9.84 Å². The SMILES string of the molecule is Cc1cc(-c2noc([C@@H]3CCCNC3)n2)cc(C)c1Br. The smallest absolute Gasteiger partial charge is 0.231 e. The van der Waals surface area contributed by atoms with Gasteiger partial charge in [0.15, 0.2) is 0 Å². The number of benzene rings is 1. The van der Waals surface area contributed by atoms with Gasteiger partial charge >= 0.3 is 0 Å². The third-order valence-corrected chi connectivity index (χ3v) is 5.03. The van der Waals surface area contributed by atoms with E-state index in [0.29, 0.717) is 11.7 Å². The first-order chi connectivity index (χ1) is 9.65. The summed E-state index contributed by atoms with van der Waals surface area (Å²) in [6.45, 7) is 6.17. The first kappa shape index (κ1) is 13.8. The molecule has 0 amide bonds. The summed E-state index contributed by atoms with van der Waals surface area (Å²) in [4.78, 5) is 4.58. The number of hydrogen-bond acceptors (Lipinski definition) is 4. The molecule has 2 heterocycles. The normalized spacial score (nSPS) is 19.2. The maximum atomic E-state index is 5.46. The summed E-state index contributed by atoms with van der Waals surface area (Å²) in [5.41, 5.74) is 3.39. The molecule has 20 heavy (non-hydrogen) atoms. The van der Waals surface area contributed by atoms with Crippen LogP contribution < -0.4 is 5.32 Å². The van der Waals surface area contributed by atoms with Crippen LogP contribution in [0, 0.1) is 13.8 Å². The van der Waals surface area contributed by atoms with Crippen molar-refractivity contribution in [3.63, 3.8) is 0 Å². The molecule has 1 N–H and O–H groups in total. The fourth-order valence-electron chi connectivity index (χ4n) is 2.66. The lowest BCUT2D eigenvalue weighted by Gasteiger charge is -2.18. The highest BCUT2D eigenvalue weighted by Gasteiger charge is 2.22. The maximum Gasteiger partial charge on any atom is 0.231 e. The number of aromatic nitrogens is 2. The molecule has 4 nitrogen and oxygen atoms in total. The Bertz CT molecular complexity index is 594. The Balaban J connectivity index is 1.89. The van der Waals surface area contributed by atoms with Gasteiger partial charge in [-0.3, -0.25) is 0 Å². The Hall–Kier alpha value is -1.20. The number of halogens is 1. The lowest BCUT2D eigenvalue weighted by Crippen LogP contribution is -2.28. The summed E-state index contributed by atoms with van der Waals surface area (Å²) in [5.74, 6) is 1.79. The highest BCUT2D eigenvalue weighted by atomic mass is 79.9. The average molecular weight is 336 g/mol. The van der Waals surface area contributed by atoms with Crippen LogP contribution in [-0.2, 0) is 0 Å². The number of aryl methyl sites for hydroxylation is 2. The molecule has 1 atom stereocenters. The lowest BCUT2D eigenvalue weighted by atomic mass is 10.00. The van der Waals surface area contributed by atoms with Crippen LogP contribution in [0.15, 0.2) is 21.1 Å². The van der Waals surface area contributed by atoms with E-state index in [9.17, 15) is 0 Å². The largest absolute Gasteiger partial charge is 0.339 e. The first-order valence-electron chi connectivity index (χ1n) is 6.96. The van der Waals surface area contributed by atoms with E-state index in [2.05, 4.69) is 57.4 Å². The van der Waals surface area contributed by atoms with E-state index in [1.807, 2.05) is 0 Å². The number of hydrogen-bond donors (Lipinski definition) is 1. The number of piperidine rings is 1. The van der Waals surface area contributed by atoms with Crippen molar-refractivity contribution in [2.75, 3.05) is 13.1 Å². The predicted molar refractivity (Wildman–Crippen MR) is 81.8 cm³/mol. The number of nitrogens with one attached hydrogen (secondary N) is 1. The quantitative estimate of drug-likeness (QED) is 0.911. The van der Waals surface area contributed by atoms with E-state index in [1.165, 1.54) is 17.5 Å². The molecule has 1 aromatic carbocycles. The van der Waals surface area contributed by atoms with E-state index in [1.54, 1.807) is 0 Å². The van der Waals surface area contributed by atoms with Gasteiger partial charge in [0.2, 0.25) is 11.7 Å². The standard InChI is InChI=1S/C15H18BrN3O/c1-9-6-12(7-10(2)13(9)16)14-18-15(20-19-14)11-4-3-5-17-8-11/h6-7,11,17H,3-5,8H2,1-2H3/t11-/m1/s1. The molecule has 1 fully saturated rings. The van der Waals surface area contributed by atoms with Crippen molar-refractivity contribution in [2.24, 2.45) is 0 Å². The van der Waals surface area contributed by atoms with Gasteiger partial charge in [0.25, 0.3) is 0 Å². The second kappa shape index (κ2) is 5.66. The van der Waals surface area contributed by atoms with Crippen molar-refractivity contribution in [1.29, 1.82) is 0 Å². The van der Waals surface area contributed by atoms with E-state index >= 15 is 0 Å². The van der Waals surface area contributed by atoms with Gasteiger partial charge in [-0.1, -0.05) is 21.1 Å². The molecule has 1 aromatic heterocycles. The van der Waals surface area contributed by atoms with Gasteiger partial charge in [0.1, 0.15) is 0 Å². The molecule has 0 bridgehead atoms. The predicted octanol–water partition coefficient (Wildman–Crippen LogP) is 3.58. The zero-order valence-corrected chi connectivity index (χ0v) is 13.3. The molecular weight excluding hydrogens is 318 g/mol. The average Bonchev–Trinajstić information content (AvgIpc) is 2.95. The molecule has 0 unspecified atom stereocenters. The Morgan fingerprint density at radius 3 is 2.70 bits per heavy atom. The molecule has 2 aromatic rings. The number of rotatable bonds is 2. The van der Waals surface area contributed by atoms with Crippen molar-refractivity contribution < 1.29 is 4.52 Å². The van der Waals surface area contributed by atoms with Gasteiger partial charge in [-0.15, -0.1) is 0 Å². The molecule has 5 heteroatoms. The molecule has 0 spiro atoms. The summed E-state index contributed by atoms with van der Waals surface area (Å²) in [7, 11) is 0. The summed E-state index contributed by atoms with van der Waals surface area (Å²) < 4.78 is 6.60. The summed E-state index contributed by atoms with van der Waals surface area (Å²) in [6.07, 6.45) is 2.28. The minimum absolute atomic E-state index is 0.350. The zero-order chi connectivity index (χ0) is 14.1. The highest BCUT2D eigenvalue weighted by Crippen LogP contribution is 2.29. The Morgan fingerprint density at radius 1 is 1.30 bits per heavy atom. The minimum atomic E-state index is 0.350. The van der Waals surface area contributed by atoms with Crippen LogP contribution in [0.2, 0.25) is 0 Å². The van der Waals surface area contributed by atoms with Crippen LogP contribution in [0.1, 0.15) is 35.8 Å². The lowest BCUT2D eigenvalue weighted by molar-refractivity contribution is 0.322. The topological polar surface area (TPSA) is 51.0 Å². The molecule has 1 saturated heterocycles. The molecule has 0 radical (unpaired) electrons. The van der Waals surface area contributed by atoms with E-state index in [4.69, 9.17) is 4.52 Å². The van der Waals surface area contributed by atoms with Gasteiger partial charge in [0.05, 0.1) is 5.92 Å². The van der Waals surface area contributed by atoms with Crippen molar-refractivity contribution in [3.8, 4) is 11.4 Å². The fourth-order valence-corrected chi connectivity index (χ4v) is 2.88. The Labute approximate surface area is 127 Å². The van der Waals surface area contributed by atoms with Gasteiger partial charge in [-0.25, -0.2) is 0 Å². The zero-order valence-electron chi connectivity index (χ0n) is 11.7. The van der Waals surface area contributed by atoms with Crippen LogP contribution in [-0.4, -0.2) is 23.2 Å². The van der Waals surface area contributed by atoms with Crippen LogP contribution in [0.25, 0.3) is 11.4 Å². The van der Waals surface area contributed by atoms with Crippen molar-refractivity contribution in [2.45, 2.75) is 32.6 Å². The van der Waals surface area contributed by atoms with Gasteiger partial charge in [-0.05, 0) is 56.5 Å². The minimum Gasteiger partial charge on any atom is -0.339 e. The molecule has 1 aliphatic rings. The summed E-state index contributed by atoms with van der Waals surface area (Å²) in [5, 5.41) is 7.52. The van der Waals surface area contributed by atoms with Crippen molar-refractivity contribution in [1.82, 2.24) is 15.5 Å². The third kappa shape index (κ3) is 2.65. The van der Waals surface area contributed by atoms with E-state index in [-0.39, 0.29) is 0 Å². The van der Waals surface area contributed by atoms with Crippen molar-refractivity contribution >= 4 is 15.9 Å². The monoisotopic (exact) mass is 335 g/mol. The highest BCUT2D eigenvalue weighted by molar-refractivity contribution is 9.10. The summed E-state index contributed by atoms with van der Waals surface area (Å²) >= 11 is 3.58. The Morgan fingerprint density at radius 2 is 2.05 bits per heavy atom.